The summed E-state index contributed by atoms with van der Waals surface area (Å²) in [5.74, 6) is 0. The number of rotatable bonds is 5. The zero-order valence-corrected chi connectivity index (χ0v) is 11.8. The Morgan fingerprint density at radius 3 is 2.94 bits per heavy atom. The van der Waals surface area contributed by atoms with E-state index >= 15 is 0 Å². The molecule has 96 valence electrons. The smallest absolute Gasteiger partial charge is 0.134 e. The van der Waals surface area contributed by atoms with Crippen LogP contribution in [0, 0.1) is 0 Å². The lowest BCUT2D eigenvalue weighted by atomic mass is 10.0. The van der Waals surface area contributed by atoms with Gasteiger partial charge in [-0.3, -0.25) is 4.90 Å². The second-order valence-corrected chi connectivity index (χ2v) is 6.07. The van der Waals surface area contributed by atoms with Crippen LogP contribution in [0.2, 0.25) is 0 Å². The first-order valence-electron chi connectivity index (χ1n) is 6.43. The van der Waals surface area contributed by atoms with Crippen molar-refractivity contribution in [1.82, 2.24) is 14.5 Å². The van der Waals surface area contributed by atoms with Crippen molar-refractivity contribution < 1.29 is 0 Å². The molecule has 0 unspecified atom stereocenters. The Morgan fingerprint density at radius 2 is 2.29 bits per heavy atom. The van der Waals surface area contributed by atoms with E-state index in [9.17, 15) is 0 Å². The number of anilines is 1. The number of likely N-dealkylation sites (tertiary alicyclic amines) is 1. The largest absolute Gasteiger partial charge is 0.374 e. The molecule has 0 amide bonds. The SMILES string of the molecule is CCCNc1snnc1CN1CCCC1(C)C. The lowest BCUT2D eigenvalue weighted by Crippen LogP contribution is -2.37. The van der Waals surface area contributed by atoms with Crippen LogP contribution >= 0.6 is 11.5 Å². The molecule has 1 fully saturated rings. The fourth-order valence-electron chi connectivity index (χ4n) is 2.32. The standard InChI is InChI=1S/C12H22N4S/c1-4-7-13-11-10(14-15-17-11)9-16-8-5-6-12(16,2)3/h13H,4-9H2,1-3H3. The molecule has 1 aliphatic heterocycles. The van der Waals surface area contributed by atoms with Crippen molar-refractivity contribution in [2.45, 2.75) is 52.1 Å². The molecule has 2 heterocycles. The number of nitrogens with zero attached hydrogens (tertiary/aromatic N) is 3. The first-order chi connectivity index (χ1) is 8.13. The third-order valence-electron chi connectivity index (χ3n) is 3.50. The number of hydrogen-bond donors (Lipinski definition) is 1. The van der Waals surface area contributed by atoms with Crippen LogP contribution in [0.1, 0.15) is 45.7 Å². The minimum atomic E-state index is 0.311. The van der Waals surface area contributed by atoms with Gasteiger partial charge in [0.25, 0.3) is 0 Å². The highest BCUT2D eigenvalue weighted by Crippen LogP contribution is 2.31. The van der Waals surface area contributed by atoms with Gasteiger partial charge in [0.05, 0.1) is 0 Å². The van der Waals surface area contributed by atoms with E-state index in [4.69, 9.17) is 0 Å². The molecule has 1 N–H and O–H groups in total. The van der Waals surface area contributed by atoms with Crippen LogP contribution in [0.5, 0.6) is 0 Å². The third kappa shape index (κ3) is 2.96. The number of nitrogens with one attached hydrogen (secondary N) is 1. The van der Waals surface area contributed by atoms with Crippen molar-refractivity contribution in [3.63, 3.8) is 0 Å². The van der Waals surface area contributed by atoms with Crippen molar-refractivity contribution >= 4 is 16.5 Å². The molecule has 0 aromatic carbocycles. The van der Waals surface area contributed by atoms with Gasteiger partial charge in [-0.15, -0.1) is 5.10 Å². The van der Waals surface area contributed by atoms with Crippen molar-refractivity contribution in [1.29, 1.82) is 0 Å². The summed E-state index contributed by atoms with van der Waals surface area (Å²) in [7, 11) is 0. The Kier molecular flexibility index (Phi) is 3.99. The van der Waals surface area contributed by atoms with Gasteiger partial charge in [-0.05, 0) is 39.7 Å². The summed E-state index contributed by atoms with van der Waals surface area (Å²) >= 11 is 1.47. The zero-order valence-electron chi connectivity index (χ0n) is 11.0. The van der Waals surface area contributed by atoms with Crippen molar-refractivity contribution in [3.8, 4) is 0 Å². The number of aromatic nitrogens is 2. The molecule has 5 heteroatoms. The lowest BCUT2D eigenvalue weighted by Gasteiger charge is -2.30. The van der Waals surface area contributed by atoms with Crippen LogP contribution in [0.4, 0.5) is 5.00 Å². The molecule has 1 aromatic heterocycles. The minimum Gasteiger partial charge on any atom is -0.374 e. The van der Waals surface area contributed by atoms with E-state index in [1.54, 1.807) is 0 Å². The van der Waals surface area contributed by atoms with Crippen LogP contribution in [-0.4, -0.2) is 33.1 Å². The molecule has 0 spiro atoms. The van der Waals surface area contributed by atoms with Gasteiger partial charge in [-0.1, -0.05) is 11.4 Å². The molecule has 4 nitrogen and oxygen atoms in total. The predicted octanol–water partition coefficient (Wildman–Crippen LogP) is 2.73. The van der Waals surface area contributed by atoms with Gasteiger partial charge in [0.1, 0.15) is 10.7 Å². The van der Waals surface area contributed by atoms with Crippen molar-refractivity contribution in [2.75, 3.05) is 18.4 Å². The molecule has 0 radical (unpaired) electrons. The van der Waals surface area contributed by atoms with E-state index in [0.717, 1.165) is 30.2 Å². The van der Waals surface area contributed by atoms with Crippen LogP contribution in [-0.2, 0) is 6.54 Å². The second-order valence-electron chi connectivity index (χ2n) is 5.31. The normalized spacial score (nSPS) is 19.7. The highest BCUT2D eigenvalue weighted by atomic mass is 32.1. The van der Waals surface area contributed by atoms with Gasteiger partial charge < -0.3 is 5.32 Å². The Bertz CT molecular complexity index is 361. The first-order valence-corrected chi connectivity index (χ1v) is 7.21. The molecular weight excluding hydrogens is 232 g/mol. The van der Waals surface area contributed by atoms with Gasteiger partial charge in [-0.25, -0.2) is 0 Å². The summed E-state index contributed by atoms with van der Waals surface area (Å²) in [5.41, 5.74) is 1.42. The lowest BCUT2D eigenvalue weighted by molar-refractivity contribution is 0.165. The maximum absolute atomic E-state index is 4.26. The van der Waals surface area contributed by atoms with E-state index in [1.165, 1.54) is 30.9 Å². The summed E-state index contributed by atoms with van der Waals surface area (Å²) in [4.78, 5) is 2.51. The quantitative estimate of drug-likeness (QED) is 0.877. The van der Waals surface area contributed by atoms with Crippen LogP contribution < -0.4 is 5.32 Å². The summed E-state index contributed by atoms with van der Waals surface area (Å²) in [6.07, 6.45) is 3.71. The molecule has 17 heavy (non-hydrogen) atoms. The van der Waals surface area contributed by atoms with E-state index in [2.05, 4.69) is 40.6 Å². The Labute approximate surface area is 108 Å². The fourth-order valence-corrected chi connectivity index (χ4v) is 2.92. The van der Waals surface area contributed by atoms with Crippen molar-refractivity contribution in [2.24, 2.45) is 0 Å². The predicted molar refractivity (Wildman–Crippen MR) is 72.4 cm³/mol. The van der Waals surface area contributed by atoms with Gasteiger partial charge in [-0.2, -0.15) is 0 Å². The maximum Gasteiger partial charge on any atom is 0.134 e. The van der Waals surface area contributed by atoms with Gasteiger partial charge in [0.2, 0.25) is 0 Å². The molecule has 0 atom stereocenters. The van der Waals surface area contributed by atoms with E-state index in [-0.39, 0.29) is 0 Å². The average Bonchev–Trinajstić information content (AvgIpc) is 2.84. The molecule has 1 aromatic rings. The molecule has 2 rings (SSSR count). The van der Waals surface area contributed by atoms with E-state index in [1.807, 2.05) is 0 Å². The van der Waals surface area contributed by atoms with Crippen molar-refractivity contribution in [3.05, 3.63) is 5.69 Å². The Morgan fingerprint density at radius 1 is 1.47 bits per heavy atom. The summed E-state index contributed by atoms with van der Waals surface area (Å²) in [6, 6.07) is 0. The molecule has 1 aliphatic rings. The topological polar surface area (TPSA) is 41.1 Å². The molecule has 0 saturated carbocycles. The Hall–Kier alpha value is -0.680. The third-order valence-corrected chi connectivity index (χ3v) is 4.23. The van der Waals surface area contributed by atoms with Gasteiger partial charge >= 0.3 is 0 Å². The summed E-state index contributed by atoms with van der Waals surface area (Å²) in [5, 5.41) is 8.82. The minimum absolute atomic E-state index is 0.311. The average molecular weight is 254 g/mol. The van der Waals surface area contributed by atoms with E-state index < -0.39 is 0 Å². The Balaban J connectivity index is 2.01. The summed E-state index contributed by atoms with van der Waals surface area (Å²) in [6.45, 7) is 9.91. The first kappa shape index (κ1) is 12.8. The zero-order chi connectivity index (χ0) is 12.3. The number of hydrogen-bond acceptors (Lipinski definition) is 5. The molecule has 0 aliphatic carbocycles. The van der Waals surface area contributed by atoms with E-state index in [0.29, 0.717) is 5.54 Å². The van der Waals surface area contributed by atoms with Crippen LogP contribution in [0.25, 0.3) is 0 Å². The second kappa shape index (κ2) is 5.31. The molecular formula is C12H22N4S. The highest BCUT2D eigenvalue weighted by Gasteiger charge is 2.32. The van der Waals surface area contributed by atoms with Gasteiger partial charge in [0.15, 0.2) is 0 Å². The maximum atomic E-state index is 4.26. The highest BCUT2D eigenvalue weighted by molar-refractivity contribution is 7.10. The fraction of sp³-hybridized carbons (Fsp3) is 0.833. The van der Waals surface area contributed by atoms with Crippen LogP contribution in [0.15, 0.2) is 0 Å². The molecule has 1 saturated heterocycles. The summed E-state index contributed by atoms with van der Waals surface area (Å²) < 4.78 is 4.07. The van der Waals surface area contributed by atoms with Gasteiger partial charge in [0, 0.05) is 30.2 Å². The van der Waals surface area contributed by atoms with Crippen LogP contribution in [0.3, 0.4) is 0 Å². The molecule has 0 bridgehead atoms. The monoisotopic (exact) mass is 254 g/mol.